The van der Waals surface area contributed by atoms with E-state index in [1.54, 1.807) is 0 Å². The lowest BCUT2D eigenvalue weighted by molar-refractivity contribution is 1.16. The Hall–Kier alpha value is -8.92. The van der Waals surface area contributed by atoms with E-state index >= 15 is 0 Å². The summed E-state index contributed by atoms with van der Waals surface area (Å²) in [4.78, 5) is 2.42. The number of aromatic nitrogens is 2. The normalized spacial score (nSPS) is 11.6. The number of anilines is 3. The molecule has 314 valence electrons. The Morgan fingerprint density at radius 2 is 0.746 bits per heavy atom. The Morgan fingerprint density at radius 3 is 1.43 bits per heavy atom. The van der Waals surface area contributed by atoms with Crippen LogP contribution in [0.3, 0.4) is 0 Å². The van der Waals surface area contributed by atoms with Gasteiger partial charge in [0.05, 0.1) is 22.1 Å². The minimum absolute atomic E-state index is 1.07. The lowest BCUT2D eigenvalue weighted by Gasteiger charge is -2.27. The monoisotopic (exact) mass is 853 g/mol. The summed E-state index contributed by atoms with van der Waals surface area (Å²) in [6.45, 7) is 0. The summed E-state index contributed by atoms with van der Waals surface area (Å²) in [7, 11) is 0. The molecule has 3 heteroatoms. The van der Waals surface area contributed by atoms with Crippen molar-refractivity contribution < 1.29 is 0 Å². The number of para-hydroxylation sites is 3. The molecule has 13 rings (SSSR count). The molecule has 0 fully saturated rings. The van der Waals surface area contributed by atoms with Gasteiger partial charge in [-0.2, -0.15) is 0 Å². The lowest BCUT2D eigenvalue weighted by atomic mass is 9.91. The summed E-state index contributed by atoms with van der Waals surface area (Å²) in [5.74, 6) is 0. The smallest absolute Gasteiger partial charge is 0.0561 e. The molecule has 0 radical (unpaired) electrons. The van der Waals surface area contributed by atoms with Crippen LogP contribution in [0.15, 0.2) is 261 Å². The maximum Gasteiger partial charge on any atom is 0.0561 e. The molecular weight excluding hydrogens is 811 g/mol. The van der Waals surface area contributed by atoms with E-state index in [-0.39, 0.29) is 0 Å². The molecule has 0 saturated carbocycles. The molecule has 0 aliphatic carbocycles. The molecule has 11 aromatic carbocycles. The predicted octanol–water partition coefficient (Wildman–Crippen LogP) is 17.5. The van der Waals surface area contributed by atoms with Crippen LogP contribution in [-0.4, -0.2) is 9.13 Å². The summed E-state index contributed by atoms with van der Waals surface area (Å²) < 4.78 is 4.82. The second-order valence-corrected chi connectivity index (χ2v) is 17.3. The average molecular weight is 854 g/mol. The Morgan fingerprint density at radius 1 is 0.254 bits per heavy atom. The van der Waals surface area contributed by atoms with Crippen LogP contribution < -0.4 is 4.90 Å². The Kier molecular flexibility index (Phi) is 9.17. The van der Waals surface area contributed by atoms with Crippen molar-refractivity contribution in [3.63, 3.8) is 0 Å². The van der Waals surface area contributed by atoms with Gasteiger partial charge >= 0.3 is 0 Å². The molecule has 0 amide bonds. The molecular formula is C64H43N3. The SMILES string of the molecule is c1ccc(-c2ccc3c(c2)c2ccc(N(c4ccc(-c5cccc6cccc(-c7ccccc7)c56)cc4)c4cccc(-n5c6ccccc6c6ccccc65)c4)cc2n3-c2ccccc2)cc1. The number of nitrogens with zero attached hydrogens (tertiary/aromatic N) is 3. The molecule has 0 unspecified atom stereocenters. The first-order valence-electron chi connectivity index (χ1n) is 23.0. The molecule has 0 atom stereocenters. The molecule has 13 aromatic rings. The highest BCUT2D eigenvalue weighted by molar-refractivity contribution is 6.12. The largest absolute Gasteiger partial charge is 0.310 e. The molecule has 0 bridgehead atoms. The standard InChI is InChI=1S/C64H43N3/c1-4-17-44(18-5-1)48-35-40-62-59(41-48)58-39-38-53(43-63(58)66(62)49-23-8-3-9-24-49)65(51-25-16-26-52(42-51)67-60-31-12-10-27-56(60)57-28-11-13-32-61(57)67)50-36-33-46(34-37-50)55-30-15-22-47-21-14-29-54(64(47)55)45-19-6-2-7-20-45/h1-43H. The highest BCUT2D eigenvalue weighted by Crippen LogP contribution is 2.43. The van der Waals surface area contributed by atoms with Crippen molar-refractivity contribution in [1.29, 1.82) is 0 Å². The van der Waals surface area contributed by atoms with Gasteiger partial charge in [-0.15, -0.1) is 0 Å². The number of rotatable bonds is 8. The Balaban J connectivity index is 1.02. The van der Waals surface area contributed by atoms with E-state index in [1.807, 2.05) is 0 Å². The first-order chi connectivity index (χ1) is 33.2. The molecule has 0 saturated heterocycles. The van der Waals surface area contributed by atoms with Crippen LogP contribution in [0.1, 0.15) is 0 Å². The molecule has 0 N–H and O–H groups in total. The summed E-state index contributed by atoms with van der Waals surface area (Å²) in [5.41, 5.74) is 17.4. The van der Waals surface area contributed by atoms with Crippen LogP contribution in [0.2, 0.25) is 0 Å². The number of hydrogen-bond acceptors (Lipinski definition) is 1. The zero-order chi connectivity index (χ0) is 44.3. The third kappa shape index (κ3) is 6.51. The van der Waals surface area contributed by atoms with Crippen molar-refractivity contribution in [3.8, 4) is 44.8 Å². The third-order valence-electron chi connectivity index (χ3n) is 13.5. The van der Waals surface area contributed by atoms with Crippen molar-refractivity contribution in [3.05, 3.63) is 261 Å². The van der Waals surface area contributed by atoms with Gasteiger partial charge in [0, 0.05) is 50.0 Å². The zero-order valence-corrected chi connectivity index (χ0v) is 36.7. The summed E-state index contributed by atoms with van der Waals surface area (Å²) in [6, 6.07) is 95.0. The quantitative estimate of drug-likeness (QED) is 0.148. The highest BCUT2D eigenvalue weighted by atomic mass is 15.1. The number of fused-ring (bicyclic) bond motifs is 7. The van der Waals surface area contributed by atoms with Crippen LogP contribution in [0.4, 0.5) is 17.1 Å². The first kappa shape index (κ1) is 38.5. The van der Waals surface area contributed by atoms with Gasteiger partial charge in [-0.1, -0.05) is 182 Å². The summed E-state index contributed by atoms with van der Waals surface area (Å²) in [5, 5.41) is 7.41. The van der Waals surface area contributed by atoms with Crippen LogP contribution in [0.5, 0.6) is 0 Å². The fourth-order valence-corrected chi connectivity index (χ4v) is 10.5. The summed E-state index contributed by atoms with van der Waals surface area (Å²) >= 11 is 0. The molecule has 0 spiro atoms. The number of hydrogen-bond donors (Lipinski definition) is 0. The van der Waals surface area contributed by atoms with Gasteiger partial charge in [-0.05, 0) is 123 Å². The maximum absolute atomic E-state index is 2.42. The van der Waals surface area contributed by atoms with Crippen molar-refractivity contribution in [2.45, 2.75) is 0 Å². The van der Waals surface area contributed by atoms with Crippen molar-refractivity contribution >= 4 is 71.4 Å². The average Bonchev–Trinajstić information content (AvgIpc) is 3.92. The molecule has 0 aliphatic rings. The van der Waals surface area contributed by atoms with E-state index in [2.05, 4.69) is 275 Å². The van der Waals surface area contributed by atoms with Crippen molar-refractivity contribution in [1.82, 2.24) is 9.13 Å². The topological polar surface area (TPSA) is 13.1 Å². The van der Waals surface area contributed by atoms with Gasteiger partial charge in [0.25, 0.3) is 0 Å². The lowest BCUT2D eigenvalue weighted by Crippen LogP contribution is -2.11. The van der Waals surface area contributed by atoms with E-state index in [0.717, 1.165) is 34.0 Å². The fraction of sp³-hybridized carbons (Fsp3) is 0. The Labute approximate surface area is 389 Å². The van der Waals surface area contributed by atoms with Gasteiger partial charge in [0.1, 0.15) is 0 Å². The van der Waals surface area contributed by atoms with E-state index < -0.39 is 0 Å². The highest BCUT2D eigenvalue weighted by Gasteiger charge is 2.20. The summed E-state index contributed by atoms with van der Waals surface area (Å²) in [6.07, 6.45) is 0. The second-order valence-electron chi connectivity index (χ2n) is 17.3. The van der Waals surface area contributed by atoms with Gasteiger partial charge in [0.15, 0.2) is 0 Å². The zero-order valence-electron chi connectivity index (χ0n) is 36.7. The van der Waals surface area contributed by atoms with E-state index in [9.17, 15) is 0 Å². The number of benzene rings is 11. The molecule has 3 nitrogen and oxygen atoms in total. The fourth-order valence-electron chi connectivity index (χ4n) is 10.5. The Bertz CT molecular complexity index is 3900. The minimum atomic E-state index is 1.07. The van der Waals surface area contributed by atoms with Crippen LogP contribution >= 0.6 is 0 Å². The molecule has 67 heavy (non-hydrogen) atoms. The van der Waals surface area contributed by atoms with Crippen molar-refractivity contribution in [2.24, 2.45) is 0 Å². The molecule has 0 aliphatic heterocycles. The van der Waals surface area contributed by atoms with Crippen molar-refractivity contribution in [2.75, 3.05) is 4.90 Å². The van der Waals surface area contributed by atoms with E-state index in [4.69, 9.17) is 0 Å². The predicted molar refractivity (Wildman–Crippen MR) is 284 cm³/mol. The van der Waals surface area contributed by atoms with Gasteiger partial charge in [0.2, 0.25) is 0 Å². The van der Waals surface area contributed by atoms with Crippen LogP contribution in [0, 0.1) is 0 Å². The minimum Gasteiger partial charge on any atom is -0.310 e. The van der Waals surface area contributed by atoms with Gasteiger partial charge in [-0.25, -0.2) is 0 Å². The molecule has 2 heterocycles. The second kappa shape index (κ2) is 16.0. The maximum atomic E-state index is 2.42. The van der Waals surface area contributed by atoms with E-state index in [1.165, 1.54) is 82.2 Å². The van der Waals surface area contributed by atoms with Gasteiger partial charge < -0.3 is 14.0 Å². The molecule has 2 aromatic heterocycles. The van der Waals surface area contributed by atoms with Crippen LogP contribution in [0.25, 0.3) is 99.1 Å². The first-order valence-corrected chi connectivity index (χ1v) is 23.0. The van der Waals surface area contributed by atoms with E-state index in [0.29, 0.717) is 0 Å². The van der Waals surface area contributed by atoms with Crippen LogP contribution in [-0.2, 0) is 0 Å². The van der Waals surface area contributed by atoms with Gasteiger partial charge in [-0.3, -0.25) is 0 Å². The third-order valence-corrected chi connectivity index (χ3v) is 13.5.